The fourth-order valence-electron chi connectivity index (χ4n) is 5.46. The van der Waals surface area contributed by atoms with Crippen molar-refractivity contribution in [3.63, 3.8) is 0 Å². The summed E-state index contributed by atoms with van der Waals surface area (Å²) < 4.78 is 0. The van der Waals surface area contributed by atoms with Crippen LogP contribution in [-0.2, 0) is 0 Å². The summed E-state index contributed by atoms with van der Waals surface area (Å²) in [6.07, 6.45) is 34.1. The summed E-state index contributed by atoms with van der Waals surface area (Å²) in [5, 5.41) is 0. The molecular weight excluding hydrogens is 492 g/mol. The van der Waals surface area contributed by atoms with Gasteiger partial charge in [0.05, 0.1) is 0 Å². The van der Waals surface area contributed by atoms with Crippen LogP contribution >= 0.6 is 0 Å². The van der Waals surface area contributed by atoms with Gasteiger partial charge in [-0.15, -0.1) is 0 Å². The summed E-state index contributed by atoms with van der Waals surface area (Å²) in [5.41, 5.74) is 12.0. The average molecular weight is 557 g/mol. The Morgan fingerprint density at radius 1 is 0.561 bits per heavy atom. The van der Waals surface area contributed by atoms with E-state index in [1.165, 1.54) is 72.0 Å². The molecule has 0 nitrogen and oxygen atoms in total. The molecular formula is C41H64. The Labute approximate surface area is 256 Å². The average Bonchev–Trinajstić information content (AvgIpc) is 2.87. The van der Waals surface area contributed by atoms with E-state index in [0.29, 0.717) is 10.8 Å². The first-order chi connectivity index (χ1) is 18.7. The topological polar surface area (TPSA) is 0 Å². The van der Waals surface area contributed by atoms with Crippen LogP contribution in [0.25, 0.3) is 0 Å². The Kier molecular flexibility index (Phi) is 17.6. The van der Waals surface area contributed by atoms with Gasteiger partial charge in [0.15, 0.2) is 0 Å². The molecule has 0 spiro atoms. The van der Waals surface area contributed by atoms with Gasteiger partial charge in [0.1, 0.15) is 0 Å². The molecule has 0 heteroatoms. The van der Waals surface area contributed by atoms with Crippen LogP contribution in [-0.4, -0.2) is 0 Å². The third-order valence-electron chi connectivity index (χ3n) is 8.46. The van der Waals surface area contributed by atoms with Crippen molar-refractivity contribution in [2.45, 2.75) is 129 Å². The van der Waals surface area contributed by atoms with Gasteiger partial charge in [0.25, 0.3) is 0 Å². The van der Waals surface area contributed by atoms with Crippen LogP contribution in [0.3, 0.4) is 0 Å². The maximum Gasteiger partial charge on any atom is -0.0104 e. The lowest BCUT2D eigenvalue weighted by Crippen LogP contribution is -2.19. The fraction of sp³-hybridized carbons (Fsp3) is 0.512. The molecule has 228 valence electrons. The van der Waals surface area contributed by atoms with Gasteiger partial charge in [-0.3, -0.25) is 0 Å². The minimum absolute atomic E-state index is 0. The summed E-state index contributed by atoms with van der Waals surface area (Å²) in [6, 6.07) is 0. The molecule has 0 aliphatic heterocycles. The van der Waals surface area contributed by atoms with E-state index in [1.54, 1.807) is 11.1 Å². The van der Waals surface area contributed by atoms with Crippen molar-refractivity contribution in [2.75, 3.05) is 0 Å². The van der Waals surface area contributed by atoms with E-state index in [4.69, 9.17) is 0 Å². The molecule has 0 aromatic carbocycles. The lowest BCUT2D eigenvalue weighted by atomic mass is 9.72. The Morgan fingerprint density at radius 2 is 0.902 bits per heavy atom. The van der Waals surface area contributed by atoms with Crippen molar-refractivity contribution in [2.24, 2.45) is 10.8 Å². The molecule has 0 fully saturated rings. The molecule has 0 heterocycles. The molecule has 0 amide bonds. The van der Waals surface area contributed by atoms with Crippen LogP contribution in [0.1, 0.15) is 129 Å². The van der Waals surface area contributed by atoms with Gasteiger partial charge >= 0.3 is 0 Å². The molecule has 0 unspecified atom stereocenters. The molecule has 2 aliphatic carbocycles. The summed E-state index contributed by atoms with van der Waals surface area (Å²) in [6.45, 7) is 26.7. The zero-order valence-corrected chi connectivity index (χ0v) is 28.2. The first kappa shape index (κ1) is 38.4. The van der Waals surface area contributed by atoms with Crippen LogP contribution in [0.4, 0.5) is 0 Å². The molecule has 41 heavy (non-hydrogen) atoms. The molecule has 0 N–H and O–H groups in total. The molecule has 2 rings (SSSR count). The number of allylic oxidation sites excluding steroid dienone is 20. The van der Waals surface area contributed by atoms with E-state index in [0.717, 1.165) is 0 Å². The van der Waals surface area contributed by atoms with E-state index < -0.39 is 0 Å². The third kappa shape index (κ3) is 14.2. The number of rotatable bonds is 8. The molecule has 0 aromatic heterocycles. The Morgan fingerprint density at radius 3 is 1.20 bits per heavy atom. The first-order valence-corrected chi connectivity index (χ1v) is 15.5. The largest absolute Gasteiger partial charge is 0.0847 e. The van der Waals surface area contributed by atoms with Gasteiger partial charge in [-0.05, 0) is 116 Å². The van der Waals surface area contributed by atoms with Crippen molar-refractivity contribution < 1.29 is 0 Å². The third-order valence-corrected chi connectivity index (χ3v) is 8.46. The maximum absolute atomic E-state index is 2.36. The highest BCUT2D eigenvalue weighted by Crippen LogP contribution is 2.41. The smallest absolute Gasteiger partial charge is 0.0104 e. The highest BCUT2D eigenvalue weighted by molar-refractivity contribution is 5.38. The molecule has 0 bridgehead atoms. The van der Waals surface area contributed by atoms with Crippen LogP contribution in [0.5, 0.6) is 0 Å². The second-order valence-electron chi connectivity index (χ2n) is 13.1. The summed E-state index contributed by atoms with van der Waals surface area (Å²) >= 11 is 0. The minimum atomic E-state index is 0. The van der Waals surface area contributed by atoms with E-state index in [2.05, 4.69) is 156 Å². The normalized spacial score (nSPS) is 20.8. The Hall–Kier alpha value is -2.60. The van der Waals surface area contributed by atoms with Crippen molar-refractivity contribution in [1.29, 1.82) is 0 Å². The molecule has 2 aliphatic rings. The molecule has 0 aromatic rings. The van der Waals surface area contributed by atoms with E-state index in [9.17, 15) is 0 Å². The zero-order chi connectivity index (χ0) is 30.3. The number of hydrogen-bond donors (Lipinski definition) is 0. The monoisotopic (exact) mass is 557 g/mol. The SMILES string of the molecule is C.C/C=C(C)/C=C/C=C(C)/C=C/C1=C(C)CCCC1(C)C.C\C=C(C)/C=C/C=C(C)/C=C/C1=C(C)CCCC1(C)C. The molecule has 0 atom stereocenters. The highest BCUT2D eigenvalue weighted by Gasteiger charge is 2.27. The first-order valence-electron chi connectivity index (χ1n) is 15.5. The second kappa shape index (κ2) is 18.8. The molecule has 0 radical (unpaired) electrons. The summed E-state index contributed by atoms with van der Waals surface area (Å²) in [4.78, 5) is 0. The van der Waals surface area contributed by atoms with Gasteiger partial charge in [-0.2, -0.15) is 0 Å². The Balaban J connectivity index is 0.000000762. The van der Waals surface area contributed by atoms with Gasteiger partial charge < -0.3 is 0 Å². The lowest BCUT2D eigenvalue weighted by molar-refractivity contribution is 0.376. The van der Waals surface area contributed by atoms with Crippen molar-refractivity contribution in [3.8, 4) is 0 Å². The van der Waals surface area contributed by atoms with E-state index in [-0.39, 0.29) is 7.43 Å². The number of hydrogen-bond acceptors (Lipinski definition) is 0. The second-order valence-corrected chi connectivity index (χ2v) is 13.1. The van der Waals surface area contributed by atoms with Crippen molar-refractivity contribution in [1.82, 2.24) is 0 Å². The predicted octanol–water partition coefficient (Wildman–Crippen LogP) is 13.7. The lowest BCUT2D eigenvalue weighted by Gasteiger charge is -2.33. The van der Waals surface area contributed by atoms with Gasteiger partial charge in [0, 0.05) is 0 Å². The van der Waals surface area contributed by atoms with Gasteiger partial charge in [-0.25, -0.2) is 0 Å². The highest BCUT2D eigenvalue weighted by atomic mass is 14.3. The predicted molar refractivity (Wildman–Crippen MR) is 190 cm³/mol. The van der Waals surface area contributed by atoms with Gasteiger partial charge in [0.2, 0.25) is 0 Å². The van der Waals surface area contributed by atoms with Crippen molar-refractivity contribution in [3.05, 3.63) is 117 Å². The van der Waals surface area contributed by atoms with Crippen LogP contribution in [0.2, 0.25) is 0 Å². The Bertz CT molecular complexity index is 1040. The summed E-state index contributed by atoms with van der Waals surface area (Å²) in [7, 11) is 0. The van der Waals surface area contributed by atoms with E-state index in [1.807, 2.05) is 0 Å². The fourth-order valence-corrected chi connectivity index (χ4v) is 5.46. The maximum atomic E-state index is 2.36. The quantitative estimate of drug-likeness (QED) is 0.261. The van der Waals surface area contributed by atoms with Crippen LogP contribution in [0, 0.1) is 10.8 Å². The minimum Gasteiger partial charge on any atom is -0.0847 e. The van der Waals surface area contributed by atoms with Crippen molar-refractivity contribution >= 4 is 0 Å². The standard InChI is InChI=1S/2C20H30.CH4/c2*1-7-16(2)10-8-11-17(3)13-14-19-18(4)12-9-15-20(19,5)6;/h2*7-8,10-11,13-14H,9,12,15H2,1-6H3;1H4/b10-8+,14-13+,16-7+,17-11+;10-8+,14-13+,16-7-,17-11+;. The van der Waals surface area contributed by atoms with Gasteiger partial charge in [-0.1, -0.05) is 141 Å². The molecule has 0 saturated heterocycles. The summed E-state index contributed by atoms with van der Waals surface area (Å²) in [5.74, 6) is 0. The molecule has 0 saturated carbocycles. The zero-order valence-electron chi connectivity index (χ0n) is 28.2. The van der Waals surface area contributed by atoms with Crippen LogP contribution in [0.15, 0.2) is 117 Å². The van der Waals surface area contributed by atoms with E-state index >= 15 is 0 Å². The van der Waals surface area contributed by atoms with Crippen LogP contribution < -0.4 is 0 Å².